The first kappa shape index (κ1) is 12.6. The van der Waals surface area contributed by atoms with Crippen molar-refractivity contribution in [3.05, 3.63) is 23.8 Å². The Morgan fingerprint density at radius 2 is 2.00 bits per heavy atom. The fraction of sp³-hybridized carbons (Fsp3) is 0.364. The van der Waals surface area contributed by atoms with E-state index in [1.807, 2.05) is 0 Å². The lowest BCUT2D eigenvalue weighted by molar-refractivity contribution is 0.0920. The second kappa shape index (κ2) is 4.61. The minimum Gasteiger partial charge on any atom is -0.504 e. The van der Waals surface area contributed by atoms with E-state index in [-0.39, 0.29) is 28.8 Å². The van der Waals surface area contributed by atoms with E-state index in [1.54, 1.807) is 13.8 Å². The van der Waals surface area contributed by atoms with Gasteiger partial charge in [0, 0.05) is 17.0 Å². The van der Waals surface area contributed by atoms with Crippen LogP contribution < -0.4 is 5.32 Å². The van der Waals surface area contributed by atoms with Crippen molar-refractivity contribution in [3.63, 3.8) is 0 Å². The van der Waals surface area contributed by atoms with Crippen LogP contribution >= 0.6 is 11.6 Å². The summed E-state index contributed by atoms with van der Waals surface area (Å²) in [5, 5.41) is 21.1. The number of aromatic hydroxyl groups is 2. The maximum Gasteiger partial charge on any atom is 0.251 e. The maximum atomic E-state index is 11.7. The number of rotatable bonds is 3. The molecule has 0 heterocycles. The van der Waals surface area contributed by atoms with Gasteiger partial charge in [0.25, 0.3) is 5.91 Å². The summed E-state index contributed by atoms with van der Waals surface area (Å²) < 4.78 is 0. The van der Waals surface area contributed by atoms with Crippen LogP contribution in [0.3, 0.4) is 0 Å². The number of phenols is 2. The SMILES string of the molecule is CC(C)(CCl)NC(=O)c1ccc(O)c(O)c1. The third-order valence-electron chi connectivity index (χ3n) is 2.02. The van der Waals surface area contributed by atoms with Crippen molar-refractivity contribution in [1.82, 2.24) is 5.32 Å². The lowest BCUT2D eigenvalue weighted by Gasteiger charge is -2.23. The van der Waals surface area contributed by atoms with Crippen molar-refractivity contribution < 1.29 is 15.0 Å². The number of benzene rings is 1. The Bertz CT molecular complexity index is 404. The summed E-state index contributed by atoms with van der Waals surface area (Å²) in [6, 6.07) is 3.89. The Labute approximate surface area is 98.9 Å². The third-order valence-corrected chi connectivity index (χ3v) is 2.69. The molecular weight excluding hydrogens is 230 g/mol. The Morgan fingerprint density at radius 1 is 1.38 bits per heavy atom. The molecule has 4 nitrogen and oxygen atoms in total. The molecule has 0 fully saturated rings. The van der Waals surface area contributed by atoms with Gasteiger partial charge >= 0.3 is 0 Å². The fourth-order valence-corrected chi connectivity index (χ4v) is 1.14. The monoisotopic (exact) mass is 243 g/mol. The Kier molecular flexibility index (Phi) is 3.65. The molecule has 0 saturated carbocycles. The zero-order chi connectivity index (χ0) is 12.3. The van der Waals surface area contributed by atoms with Gasteiger partial charge < -0.3 is 15.5 Å². The summed E-state index contributed by atoms with van der Waals surface area (Å²) in [5.41, 5.74) is -0.250. The van der Waals surface area contributed by atoms with E-state index in [1.165, 1.54) is 18.2 Å². The Hall–Kier alpha value is -1.42. The van der Waals surface area contributed by atoms with E-state index in [0.717, 1.165) is 0 Å². The molecule has 88 valence electrons. The van der Waals surface area contributed by atoms with Gasteiger partial charge in [0.2, 0.25) is 0 Å². The quantitative estimate of drug-likeness (QED) is 0.561. The first-order valence-corrected chi connectivity index (χ1v) is 5.29. The van der Waals surface area contributed by atoms with Crippen molar-refractivity contribution >= 4 is 17.5 Å². The molecule has 1 aromatic rings. The van der Waals surface area contributed by atoms with Crippen LogP contribution in [0.1, 0.15) is 24.2 Å². The van der Waals surface area contributed by atoms with Gasteiger partial charge in [-0.3, -0.25) is 4.79 Å². The van der Waals surface area contributed by atoms with Gasteiger partial charge in [-0.15, -0.1) is 11.6 Å². The third kappa shape index (κ3) is 3.03. The average molecular weight is 244 g/mol. The van der Waals surface area contributed by atoms with E-state index < -0.39 is 5.54 Å². The van der Waals surface area contributed by atoms with Crippen molar-refractivity contribution in [2.24, 2.45) is 0 Å². The molecule has 0 unspecified atom stereocenters. The molecule has 0 bridgehead atoms. The number of phenolic OH excluding ortho intramolecular Hbond substituents is 2. The Balaban J connectivity index is 2.85. The fourth-order valence-electron chi connectivity index (χ4n) is 1.08. The van der Waals surface area contributed by atoms with Crippen LogP contribution in [0.15, 0.2) is 18.2 Å². The topological polar surface area (TPSA) is 69.6 Å². The molecule has 5 heteroatoms. The standard InChI is InChI=1S/C11H14ClNO3/c1-11(2,6-12)13-10(16)7-3-4-8(14)9(15)5-7/h3-5,14-15H,6H2,1-2H3,(H,13,16). The van der Waals surface area contributed by atoms with Crippen LogP contribution in [0.2, 0.25) is 0 Å². The number of carbonyl (C=O) groups excluding carboxylic acids is 1. The molecule has 1 rings (SSSR count). The van der Waals surface area contributed by atoms with E-state index in [9.17, 15) is 9.90 Å². The van der Waals surface area contributed by atoms with Gasteiger partial charge in [0.15, 0.2) is 11.5 Å². The van der Waals surface area contributed by atoms with Gasteiger partial charge in [0.1, 0.15) is 0 Å². The number of halogens is 1. The van der Waals surface area contributed by atoms with Crippen LogP contribution in [0.4, 0.5) is 0 Å². The number of hydrogen-bond donors (Lipinski definition) is 3. The van der Waals surface area contributed by atoms with E-state index in [4.69, 9.17) is 16.7 Å². The molecule has 0 radical (unpaired) electrons. The predicted molar refractivity (Wildman–Crippen MR) is 62.0 cm³/mol. The van der Waals surface area contributed by atoms with Gasteiger partial charge in [0.05, 0.1) is 0 Å². The molecule has 1 amide bonds. The van der Waals surface area contributed by atoms with E-state index >= 15 is 0 Å². The molecule has 0 aromatic heterocycles. The zero-order valence-corrected chi connectivity index (χ0v) is 9.88. The summed E-state index contributed by atoms with van der Waals surface area (Å²) in [7, 11) is 0. The molecular formula is C11H14ClNO3. The number of hydrogen-bond acceptors (Lipinski definition) is 3. The highest BCUT2D eigenvalue weighted by Gasteiger charge is 2.20. The second-order valence-electron chi connectivity index (χ2n) is 4.18. The highest BCUT2D eigenvalue weighted by atomic mass is 35.5. The zero-order valence-electron chi connectivity index (χ0n) is 9.12. The average Bonchev–Trinajstić information content (AvgIpc) is 2.21. The molecule has 0 saturated heterocycles. The number of nitrogens with one attached hydrogen (secondary N) is 1. The van der Waals surface area contributed by atoms with E-state index in [2.05, 4.69) is 5.32 Å². The Morgan fingerprint density at radius 3 is 2.50 bits per heavy atom. The lowest BCUT2D eigenvalue weighted by Crippen LogP contribution is -2.44. The number of alkyl halides is 1. The summed E-state index contributed by atoms with van der Waals surface area (Å²) in [6.45, 7) is 3.58. The van der Waals surface area contributed by atoms with Crippen LogP contribution in [0.25, 0.3) is 0 Å². The first-order valence-electron chi connectivity index (χ1n) is 4.76. The minimum absolute atomic E-state index is 0.256. The van der Waals surface area contributed by atoms with Crippen LogP contribution in [0.5, 0.6) is 11.5 Å². The molecule has 1 aromatic carbocycles. The normalized spacial score (nSPS) is 11.2. The predicted octanol–water partition coefficient (Wildman–Crippen LogP) is 1.85. The molecule has 0 atom stereocenters. The van der Waals surface area contributed by atoms with Crippen molar-refractivity contribution in [1.29, 1.82) is 0 Å². The highest BCUT2D eigenvalue weighted by Crippen LogP contribution is 2.25. The maximum absolute atomic E-state index is 11.7. The molecule has 0 spiro atoms. The number of amides is 1. The number of carbonyl (C=O) groups is 1. The summed E-state index contributed by atoms with van der Waals surface area (Å²) in [5.74, 6) is -0.645. The van der Waals surface area contributed by atoms with Crippen molar-refractivity contribution in [2.45, 2.75) is 19.4 Å². The lowest BCUT2D eigenvalue weighted by atomic mass is 10.1. The molecule has 0 aliphatic rings. The second-order valence-corrected chi connectivity index (χ2v) is 4.44. The molecule has 0 aliphatic carbocycles. The highest BCUT2D eigenvalue weighted by molar-refractivity contribution is 6.18. The van der Waals surface area contributed by atoms with Crippen LogP contribution in [-0.2, 0) is 0 Å². The first-order chi connectivity index (χ1) is 7.35. The smallest absolute Gasteiger partial charge is 0.251 e. The van der Waals surface area contributed by atoms with Crippen molar-refractivity contribution in [2.75, 3.05) is 5.88 Å². The summed E-state index contributed by atoms with van der Waals surface area (Å²) in [4.78, 5) is 11.7. The largest absolute Gasteiger partial charge is 0.504 e. The molecule has 16 heavy (non-hydrogen) atoms. The van der Waals surface area contributed by atoms with Gasteiger partial charge in [-0.1, -0.05) is 0 Å². The van der Waals surface area contributed by atoms with Gasteiger partial charge in [-0.25, -0.2) is 0 Å². The van der Waals surface area contributed by atoms with Gasteiger partial charge in [-0.05, 0) is 32.0 Å². The van der Waals surface area contributed by atoms with Gasteiger partial charge in [-0.2, -0.15) is 0 Å². The van der Waals surface area contributed by atoms with Crippen LogP contribution in [-0.4, -0.2) is 27.5 Å². The van der Waals surface area contributed by atoms with Crippen molar-refractivity contribution in [3.8, 4) is 11.5 Å². The minimum atomic E-state index is -0.522. The summed E-state index contributed by atoms with van der Waals surface area (Å²) >= 11 is 5.68. The molecule has 0 aliphatic heterocycles. The van der Waals surface area contributed by atoms with Crippen LogP contribution in [0, 0.1) is 0 Å². The summed E-state index contributed by atoms with van der Waals surface area (Å²) in [6.07, 6.45) is 0. The molecule has 3 N–H and O–H groups in total. The van der Waals surface area contributed by atoms with E-state index in [0.29, 0.717) is 0 Å².